The minimum atomic E-state index is -0.341. The third-order valence-corrected chi connectivity index (χ3v) is 5.94. The summed E-state index contributed by atoms with van der Waals surface area (Å²) in [5, 5.41) is 1.95. The highest BCUT2D eigenvalue weighted by atomic mass is 32.1. The first kappa shape index (κ1) is 17.9. The van der Waals surface area contributed by atoms with Crippen LogP contribution in [0.25, 0.3) is 0 Å². The Bertz CT molecular complexity index is 548. The van der Waals surface area contributed by atoms with Gasteiger partial charge in [-0.2, -0.15) is 0 Å². The van der Waals surface area contributed by atoms with Crippen molar-refractivity contribution in [1.29, 1.82) is 0 Å². The molecule has 1 aromatic heterocycles. The number of carbonyl (C=O) groups excluding carboxylic acids is 1. The zero-order chi connectivity index (χ0) is 17.2. The van der Waals surface area contributed by atoms with Crippen LogP contribution >= 0.6 is 11.3 Å². The van der Waals surface area contributed by atoms with Crippen LogP contribution in [0.1, 0.15) is 29.9 Å². The van der Waals surface area contributed by atoms with Crippen molar-refractivity contribution in [2.24, 2.45) is 5.92 Å². The predicted octanol–water partition coefficient (Wildman–Crippen LogP) is 2.34. The van der Waals surface area contributed by atoms with E-state index in [9.17, 15) is 4.79 Å². The molecule has 1 spiro atoms. The molecule has 2 fully saturated rings. The molecule has 24 heavy (non-hydrogen) atoms. The van der Waals surface area contributed by atoms with Crippen molar-refractivity contribution in [2.75, 3.05) is 46.5 Å². The number of carbonyl (C=O) groups is 1. The number of thiophene rings is 1. The fourth-order valence-corrected chi connectivity index (χ4v) is 4.21. The van der Waals surface area contributed by atoms with Crippen LogP contribution in [0, 0.1) is 5.92 Å². The lowest BCUT2D eigenvalue weighted by atomic mass is 9.93. The minimum absolute atomic E-state index is 0.0984. The van der Waals surface area contributed by atoms with E-state index in [4.69, 9.17) is 9.47 Å². The summed E-state index contributed by atoms with van der Waals surface area (Å²) in [5.41, 5.74) is -0.341. The first-order valence-electron chi connectivity index (χ1n) is 8.74. The molecule has 1 amide bonds. The molecular formula is C18H28N2O3S. The van der Waals surface area contributed by atoms with Gasteiger partial charge in [0.25, 0.3) is 5.91 Å². The predicted molar refractivity (Wildman–Crippen MR) is 95.6 cm³/mol. The third-order valence-electron chi connectivity index (χ3n) is 5.08. The van der Waals surface area contributed by atoms with E-state index in [1.165, 1.54) is 11.3 Å². The van der Waals surface area contributed by atoms with E-state index < -0.39 is 0 Å². The molecule has 0 bridgehead atoms. The van der Waals surface area contributed by atoms with Gasteiger partial charge in [0.1, 0.15) is 5.60 Å². The van der Waals surface area contributed by atoms with Crippen LogP contribution in [-0.2, 0) is 9.47 Å². The van der Waals surface area contributed by atoms with E-state index in [0.29, 0.717) is 38.3 Å². The van der Waals surface area contributed by atoms with Gasteiger partial charge in [0.15, 0.2) is 0 Å². The van der Waals surface area contributed by atoms with Gasteiger partial charge in [0.2, 0.25) is 0 Å². The molecule has 2 saturated heterocycles. The van der Waals surface area contributed by atoms with Gasteiger partial charge < -0.3 is 19.3 Å². The molecule has 0 aliphatic carbocycles. The molecule has 134 valence electrons. The Morgan fingerprint density at radius 2 is 2.38 bits per heavy atom. The highest BCUT2D eigenvalue weighted by Crippen LogP contribution is 2.33. The number of nitrogens with zero attached hydrogens (tertiary/aromatic N) is 2. The van der Waals surface area contributed by atoms with E-state index in [0.717, 1.165) is 24.4 Å². The summed E-state index contributed by atoms with van der Waals surface area (Å²) < 4.78 is 12.0. The van der Waals surface area contributed by atoms with E-state index in [1.807, 2.05) is 22.4 Å². The number of ether oxygens (including phenoxy) is 2. The van der Waals surface area contributed by atoms with E-state index >= 15 is 0 Å². The Balaban J connectivity index is 1.65. The highest BCUT2D eigenvalue weighted by molar-refractivity contribution is 7.12. The summed E-state index contributed by atoms with van der Waals surface area (Å²) in [4.78, 5) is 17.8. The molecule has 0 radical (unpaired) electrons. The Morgan fingerprint density at radius 3 is 3.08 bits per heavy atom. The second kappa shape index (κ2) is 7.52. The fourth-order valence-electron chi connectivity index (χ4n) is 3.52. The molecule has 2 atom stereocenters. The van der Waals surface area contributed by atoms with Crippen LogP contribution < -0.4 is 0 Å². The van der Waals surface area contributed by atoms with Gasteiger partial charge in [-0.25, -0.2) is 0 Å². The maximum absolute atomic E-state index is 12.7. The lowest BCUT2D eigenvalue weighted by molar-refractivity contribution is -0.0539. The molecule has 6 heteroatoms. The molecule has 1 aromatic rings. The number of hydrogen-bond donors (Lipinski definition) is 0. The molecule has 3 heterocycles. The summed E-state index contributed by atoms with van der Waals surface area (Å²) in [6, 6.07) is 4.34. The first-order valence-corrected chi connectivity index (χ1v) is 9.62. The van der Waals surface area contributed by atoms with Crippen LogP contribution in [0.15, 0.2) is 17.5 Å². The maximum Gasteiger partial charge on any atom is 0.264 e. The Morgan fingerprint density at radius 1 is 1.54 bits per heavy atom. The van der Waals surface area contributed by atoms with Gasteiger partial charge in [-0.3, -0.25) is 4.79 Å². The topological polar surface area (TPSA) is 42.0 Å². The minimum Gasteiger partial charge on any atom is -0.377 e. The summed E-state index contributed by atoms with van der Waals surface area (Å²) in [6.07, 6.45) is 0.957. The summed E-state index contributed by atoms with van der Waals surface area (Å²) >= 11 is 1.50. The molecule has 0 N–H and O–H groups in total. The molecule has 5 nitrogen and oxygen atoms in total. The van der Waals surface area contributed by atoms with E-state index in [2.05, 4.69) is 25.8 Å². The summed E-state index contributed by atoms with van der Waals surface area (Å²) in [5.74, 6) is 0.596. The Hall–Kier alpha value is -0.950. The monoisotopic (exact) mass is 352 g/mol. The van der Waals surface area contributed by atoms with Crippen LogP contribution in [0.2, 0.25) is 0 Å². The van der Waals surface area contributed by atoms with Crippen LogP contribution in [0.4, 0.5) is 0 Å². The van der Waals surface area contributed by atoms with Crippen molar-refractivity contribution >= 4 is 17.2 Å². The SMILES string of the molecule is CC(C)N(C)C[C@@H]1CO[C@]2(COCCN(C(=O)c3cccs3)C2)C1. The molecule has 2 aliphatic heterocycles. The van der Waals surface area contributed by atoms with Crippen molar-refractivity contribution in [3.8, 4) is 0 Å². The zero-order valence-corrected chi connectivity index (χ0v) is 15.7. The first-order chi connectivity index (χ1) is 11.5. The fraction of sp³-hybridized carbons (Fsp3) is 0.722. The van der Waals surface area contributed by atoms with Gasteiger partial charge in [-0.05, 0) is 44.7 Å². The molecule has 0 unspecified atom stereocenters. The highest BCUT2D eigenvalue weighted by Gasteiger charge is 2.44. The largest absolute Gasteiger partial charge is 0.377 e. The normalized spacial score (nSPS) is 28.0. The van der Waals surface area contributed by atoms with Crippen molar-refractivity contribution in [3.63, 3.8) is 0 Å². The van der Waals surface area contributed by atoms with Gasteiger partial charge in [-0.15, -0.1) is 11.3 Å². The van der Waals surface area contributed by atoms with Crippen molar-refractivity contribution in [2.45, 2.75) is 31.9 Å². The summed E-state index contributed by atoms with van der Waals surface area (Å²) in [7, 11) is 2.16. The summed E-state index contributed by atoms with van der Waals surface area (Å²) in [6.45, 7) is 8.63. The van der Waals surface area contributed by atoms with Crippen LogP contribution in [0.3, 0.4) is 0 Å². The second-order valence-electron chi connectivity index (χ2n) is 7.35. The smallest absolute Gasteiger partial charge is 0.264 e. The number of rotatable bonds is 4. The lowest BCUT2D eigenvalue weighted by Crippen LogP contribution is -2.46. The maximum atomic E-state index is 12.7. The molecule has 2 aliphatic rings. The molecular weight excluding hydrogens is 324 g/mol. The molecule has 3 rings (SSSR count). The standard InChI is InChI=1S/C18H28N2O3S/c1-14(2)19(3)10-15-9-18(23-11-15)12-20(6-7-22-13-18)17(21)16-5-4-8-24-16/h4-5,8,14-15H,6-7,9-13H2,1-3H3/t15-,18-/m1/s1. The van der Waals surface area contributed by atoms with Crippen LogP contribution in [0.5, 0.6) is 0 Å². The van der Waals surface area contributed by atoms with E-state index in [1.54, 1.807) is 0 Å². The number of hydrogen-bond acceptors (Lipinski definition) is 5. The van der Waals surface area contributed by atoms with Gasteiger partial charge >= 0.3 is 0 Å². The lowest BCUT2D eigenvalue weighted by Gasteiger charge is -2.31. The third kappa shape index (κ3) is 3.99. The van der Waals surface area contributed by atoms with Crippen molar-refractivity contribution in [1.82, 2.24) is 9.80 Å². The molecule has 0 aromatic carbocycles. The average molecular weight is 353 g/mol. The van der Waals surface area contributed by atoms with Crippen LogP contribution in [-0.4, -0.2) is 73.9 Å². The Kier molecular flexibility index (Phi) is 5.59. The second-order valence-corrected chi connectivity index (χ2v) is 8.30. The quantitative estimate of drug-likeness (QED) is 0.834. The average Bonchev–Trinajstić information content (AvgIpc) is 3.15. The van der Waals surface area contributed by atoms with Gasteiger partial charge in [0.05, 0.1) is 31.2 Å². The van der Waals surface area contributed by atoms with Crippen molar-refractivity contribution < 1.29 is 14.3 Å². The van der Waals surface area contributed by atoms with Gasteiger partial charge in [0, 0.05) is 19.1 Å². The van der Waals surface area contributed by atoms with E-state index in [-0.39, 0.29) is 11.5 Å². The molecule has 0 saturated carbocycles. The van der Waals surface area contributed by atoms with Gasteiger partial charge in [-0.1, -0.05) is 6.07 Å². The Labute approximate surface area is 148 Å². The number of amides is 1. The van der Waals surface area contributed by atoms with Crippen molar-refractivity contribution in [3.05, 3.63) is 22.4 Å². The zero-order valence-electron chi connectivity index (χ0n) is 14.9.